The first kappa shape index (κ1) is 13.5. The SMILES string of the molecule is CSc1ccc(N2C(=O)NC3(CCOCC3)C2=O)cc1. The van der Waals surface area contributed by atoms with Gasteiger partial charge < -0.3 is 10.1 Å². The lowest BCUT2D eigenvalue weighted by Crippen LogP contribution is -2.51. The highest BCUT2D eigenvalue weighted by atomic mass is 32.2. The summed E-state index contributed by atoms with van der Waals surface area (Å²) in [6.07, 6.45) is 3.06. The predicted molar refractivity (Wildman–Crippen MR) is 77.0 cm³/mol. The first-order valence-electron chi connectivity index (χ1n) is 6.55. The van der Waals surface area contributed by atoms with Gasteiger partial charge in [0.1, 0.15) is 5.54 Å². The minimum Gasteiger partial charge on any atom is -0.381 e. The zero-order chi connectivity index (χ0) is 14.2. The minimum atomic E-state index is -0.770. The number of benzene rings is 1. The number of nitrogens with zero attached hydrogens (tertiary/aromatic N) is 1. The van der Waals surface area contributed by atoms with E-state index in [-0.39, 0.29) is 11.9 Å². The number of thioether (sulfide) groups is 1. The molecule has 6 heteroatoms. The second kappa shape index (κ2) is 5.10. The molecule has 2 heterocycles. The predicted octanol–water partition coefficient (Wildman–Crippen LogP) is 2.01. The lowest BCUT2D eigenvalue weighted by atomic mass is 9.90. The van der Waals surface area contributed by atoms with Crippen molar-refractivity contribution in [2.75, 3.05) is 24.4 Å². The number of urea groups is 1. The molecule has 0 atom stereocenters. The van der Waals surface area contributed by atoms with Crippen molar-refractivity contribution in [3.05, 3.63) is 24.3 Å². The van der Waals surface area contributed by atoms with Gasteiger partial charge in [0.2, 0.25) is 0 Å². The van der Waals surface area contributed by atoms with E-state index in [0.717, 1.165) is 4.90 Å². The summed E-state index contributed by atoms with van der Waals surface area (Å²) in [5, 5.41) is 2.85. The van der Waals surface area contributed by atoms with Crippen LogP contribution in [0.3, 0.4) is 0 Å². The maximum absolute atomic E-state index is 12.6. The summed E-state index contributed by atoms with van der Waals surface area (Å²) in [4.78, 5) is 27.1. The maximum atomic E-state index is 12.6. The highest BCUT2D eigenvalue weighted by Gasteiger charge is 2.52. The average Bonchev–Trinajstić information content (AvgIpc) is 2.71. The van der Waals surface area contributed by atoms with Crippen molar-refractivity contribution in [3.63, 3.8) is 0 Å². The van der Waals surface area contributed by atoms with E-state index < -0.39 is 5.54 Å². The van der Waals surface area contributed by atoms with Crippen LogP contribution in [0, 0.1) is 0 Å². The van der Waals surface area contributed by atoms with Crippen LogP contribution < -0.4 is 10.2 Å². The molecule has 3 rings (SSSR count). The fourth-order valence-electron chi connectivity index (χ4n) is 2.64. The van der Waals surface area contributed by atoms with E-state index in [1.807, 2.05) is 30.5 Å². The van der Waals surface area contributed by atoms with Gasteiger partial charge in [0.05, 0.1) is 5.69 Å². The Morgan fingerprint density at radius 1 is 1.20 bits per heavy atom. The van der Waals surface area contributed by atoms with Crippen LogP contribution >= 0.6 is 11.8 Å². The number of imide groups is 1. The lowest BCUT2D eigenvalue weighted by Gasteiger charge is -2.30. The second-order valence-corrected chi connectivity index (χ2v) is 5.84. The largest absolute Gasteiger partial charge is 0.381 e. The van der Waals surface area contributed by atoms with Crippen molar-refractivity contribution in [3.8, 4) is 0 Å². The highest BCUT2D eigenvalue weighted by molar-refractivity contribution is 7.98. The fourth-order valence-corrected chi connectivity index (χ4v) is 3.05. The second-order valence-electron chi connectivity index (χ2n) is 4.96. The lowest BCUT2D eigenvalue weighted by molar-refractivity contribution is -0.125. The van der Waals surface area contributed by atoms with Crippen LogP contribution in [0.5, 0.6) is 0 Å². The van der Waals surface area contributed by atoms with Crippen LogP contribution in [0.25, 0.3) is 0 Å². The van der Waals surface area contributed by atoms with Gasteiger partial charge in [-0.05, 0) is 30.5 Å². The molecule has 5 nitrogen and oxygen atoms in total. The summed E-state index contributed by atoms with van der Waals surface area (Å²) in [7, 11) is 0. The van der Waals surface area contributed by atoms with Crippen molar-refractivity contribution in [1.29, 1.82) is 0 Å². The molecule has 1 spiro atoms. The number of hydrogen-bond donors (Lipinski definition) is 1. The summed E-state index contributed by atoms with van der Waals surface area (Å²) in [6, 6.07) is 7.10. The van der Waals surface area contributed by atoms with Crippen LogP contribution in [0.1, 0.15) is 12.8 Å². The maximum Gasteiger partial charge on any atom is 0.329 e. The Hall–Kier alpha value is -1.53. The third-order valence-corrected chi connectivity index (χ3v) is 4.58. The molecule has 0 aromatic heterocycles. The highest BCUT2D eigenvalue weighted by Crippen LogP contribution is 2.32. The van der Waals surface area contributed by atoms with E-state index >= 15 is 0 Å². The van der Waals surface area contributed by atoms with Crippen LogP contribution in [-0.4, -0.2) is 36.9 Å². The van der Waals surface area contributed by atoms with E-state index in [0.29, 0.717) is 31.7 Å². The molecular weight excluding hydrogens is 276 g/mol. The van der Waals surface area contributed by atoms with Gasteiger partial charge in [-0.25, -0.2) is 9.69 Å². The normalized spacial score (nSPS) is 21.4. The zero-order valence-corrected chi connectivity index (χ0v) is 12.0. The van der Waals surface area contributed by atoms with Gasteiger partial charge in [-0.2, -0.15) is 0 Å². The Morgan fingerprint density at radius 3 is 2.45 bits per heavy atom. The van der Waals surface area contributed by atoms with Gasteiger partial charge in [-0.3, -0.25) is 4.79 Å². The summed E-state index contributed by atoms with van der Waals surface area (Å²) in [5.74, 6) is -0.164. The van der Waals surface area contributed by atoms with Crippen molar-refractivity contribution < 1.29 is 14.3 Å². The first-order valence-corrected chi connectivity index (χ1v) is 7.77. The Kier molecular flexibility index (Phi) is 3.43. The molecular formula is C14H16N2O3S. The van der Waals surface area contributed by atoms with Crippen molar-refractivity contribution >= 4 is 29.4 Å². The van der Waals surface area contributed by atoms with Gasteiger partial charge in [0.15, 0.2) is 0 Å². The molecule has 1 aromatic rings. The average molecular weight is 292 g/mol. The van der Waals surface area contributed by atoms with Gasteiger partial charge >= 0.3 is 6.03 Å². The third kappa shape index (κ3) is 2.09. The number of carbonyl (C=O) groups is 2. The molecule has 0 radical (unpaired) electrons. The van der Waals surface area contributed by atoms with Crippen LogP contribution in [0.2, 0.25) is 0 Å². The molecule has 0 aliphatic carbocycles. The molecule has 0 unspecified atom stereocenters. The number of ether oxygens (including phenoxy) is 1. The van der Waals surface area contributed by atoms with E-state index in [1.165, 1.54) is 4.90 Å². The summed E-state index contributed by atoms with van der Waals surface area (Å²) >= 11 is 1.62. The third-order valence-electron chi connectivity index (χ3n) is 3.84. The van der Waals surface area contributed by atoms with Crippen molar-refractivity contribution in [2.45, 2.75) is 23.3 Å². The molecule has 2 aliphatic heterocycles. The molecule has 0 bridgehead atoms. The van der Waals surface area contributed by atoms with E-state index in [2.05, 4.69) is 5.32 Å². The molecule has 2 aliphatic rings. The summed E-state index contributed by atoms with van der Waals surface area (Å²) in [5.41, 5.74) is -0.151. The number of nitrogens with one attached hydrogen (secondary N) is 1. The Balaban J connectivity index is 1.89. The Morgan fingerprint density at radius 2 is 1.85 bits per heavy atom. The van der Waals surface area contributed by atoms with Gasteiger partial charge in [-0.1, -0.05) is 0 Å². The summed E-state index contributed by atoms with van der Waals surface area (Å²) < 4.78 is 5.29. The van der Waals surface area contributed by atoms with Crippen LogP contribution in [-0.2, 0) is 9.53 Å². The molecule has 106 valence electrons. The molecule has 2 fully saturated rings. The first-order chi connectivity index (χ1) is 9.66. The minimum absolute atomic E-state index is 0.164. The molecule has 1 N–H and O–H groups in total. The number of hydrogen-bond acceptors (Lipinski definition) is 4. The zero-order valence-electron chi connectivity index (χ0n) is 11.2. The molecule has 20 heavy (non-hydrogen) atoms. The number of anilines is 1. The van der Waals surface area contributed by atoms with Crippen LogP contribution in [0.4, 0.5) is 10.5 Å². The van der Waals surface area contributed by atoms with Crippen LogP contribution in [0.15, 0.2) is 29.2 Å². The van der Waals surface area contributed by atoms with E-state index in [9.17, 15) is 9.59 Å². The van der Waals surface area contributed by atoms with E-state index in [4.69, 9.17) is 4.74 Å². The van der Waals surface area contributed by atoms with Gasteiger partial charge in [-0.15, -0.1) is 11.8 Å². The van der Waals surface area contributed by atoms with Crippen molar-refractivity contribution in [2.24, 2.45) is 0 Å². The number of carbonyl (C=O) groups excluding carboxylic acids is 2. The standard InChI is InChI=1S/C14H16N2O3S/c1-20-11-4-2-10(3-5-11)16-12(17)14(15-13(16)18)6-8-19-9-7-14/h2-5H,6-9H2,1H3,(H,15,18). The quantitative estimate of drug-likeness (QED) is 0.669. The van der Waals surface area contributed by atoms with Gasteiger partial charge in [0.25, 0.3) is 5.91 Å². The molecule has 0 saturated carbocycles. The summed E-state index contributed by atoms with van der Waals surface area (Å²) in [6.45, 7) is 1.01. The number of rotatable bonds is 2. The monoisotopic (exact) mass is 292 g/mol. The molecule has 3 amide bonds. The smallest absolute Gasteiger partial charge is 0.329 e. The Bertz CT molecular complexity index is 538. The van der Waals surface area contributed by atoms with E-state index in [1.54, 1.807) is 11.8 Å². The Labute approximate surface area is 121 Å². The number of amides is 3. The fraction of sp³-hybridized carbons (Fsp3) is 0.429. The molecule has 1 aromatic carbocycles. The van der Waals surface area contributed by atoms with Gasteiger partial charge in [0, 0.05) is 31.0 Å². The topological polar surface area (TPSA) is 58.6 Å². The molecule has 2 saturated heterocycles. The van der Waals surface area contributed by atoms with Crippen molar-refractivity contribution in [1.82, 2.24) is 5.32 Å².